The summed E-state index contributed by atoms with van der Waals surface area (Å²) < 4.78 is 10.6. The summed E-state index contributed by atoms with van der Waals surface area (Å²) in [5.41, 5.74) is 1.58. The van der Waals surface area contributed by atoms with Crippen molar-refractivity contribution in [3.05, 3.63) is 35.4 Å². The molecule has 0 saturated carbocycles. The fourth-order valence-electron chi connectivity index (χ4n) is 1.82. The van der Waals surface area contributed by atoms with Crippen LogP contribution in [0.4, 0.5) is 0 Å². The Bertz CT molecular complexity index is 367. The molecule has 0 radical (unpaired) electrons. The number of aryl methyl sites for hydroxylation is 1. The third-order valence-electron chi connectivity index (χ3n) is 2.79. The number of ether oxygens (including phenoxy) is 2. The lowest BCUT2D eigenvalue weighted by Crippen LogP contribution is -2.18. The molecular formula is C13H16O3. The summed E-state index contributed by atoms with van der Waals surface area (Å²) >= 11 is 0. The van der Waals surface area contributed by atoms with Crippen molar-refractivity contribution in [2.45, 2.75) is 25.9 Å². The summed E-state index contributed by atoms with van der Waals surface area (Å²) in [6.45, 7) is 3.06. The molecule has 1 aliphatic rings. The van der Waals surface area contributed by atoms with Crippen LogP contribution in [-0.2, 0) is 9.47 Å². The number of benzene rings is 1. The average Bonchev–Trinajstić information content (AvgIpc) is 2.79. The van der Waals surface area contributed by atoms with Crippen LogP contribution in [0, 0.1) is 6.92 Å². The van der Waals surface area contributed by atoms with Crippen molar-refractivity contribution in [1.82, 2.24) is 0 Å². The van der Waals surface area contributed by atoms with Gasteiger partial charge in [-0.25, -0.2) is 4.79 Å². The number of rotatable bonds is 3. The van der Waals surface area contributed by atoms with E-state index in [9.17, 15) is 4.79 Å². The standard InChI is InChI=1S/C13H16O3/c1-10-5-2-3-7-12(10)13(14)16-9-11-6-4-8-15-11/h2-3,5,7,11H,4,6,8-9H2,1H3/t11-/m1/s1. The first kappa shape index (κ1) is 11.1. The van der Waals surface area contributed by atoms with Gasteiger partial charge >= 0.3 is 5.97 Å². The van der Waals surface area contributed by atoms with E-state index in [4.69, 9.17) is 9.47 Å². The van der Waals surface area contributed by atoms with E-state index in [0.717, 1.165) is 25.0 Å². The molecule has 86 valence electrons. The molecule has 1 aromatic carbocycles. The molecule has 0 bridgehead atoms. The Hall–Kier alpha value is -1.35. The molecule has 0 unspecified atom stereocenters. The first-order valence-electron chi connectivity index (χ1n) is 5.62. The highest BCUT2D eigenvalue weighted by Gasteiger charge is 2.18. The second kappa shape index (κ2) is 5.12. The maximum Gasteiger partial charge on any atom is 0.338 e. The lowest BCUT2D eigenvalue weighted by Gasteiger charge is -2.11. The van der Waals surface area contributed by atoms with Crippen molar-refractivity contribution in [2.75, 3.05) is 13.2 Å². The molecule has 1 heterocycles. The molecule has 1 fully saturated rings. The lowest BCUT2D eigenvalue weighted by molar-refractivity contribution is 0.0160. The van der Waals surface area contributed by atoms with E-state index in [1.54, 1.807) is 6.07 Å². The third kappa shape index (κ3) is 2.61. The van der Waals surface area contributed by atoms with Gasteiger partial charge in [0.15, 0.2) is 0 Å². The van der Waals surface area contributed by atoms with Crippen LogP contribution in [0.1, 0.15) is 28.8 Å². The van der Waals surface area contributed by atoms with E-state index in [2.05, 4.69) is 0 Å². The zero-order valence-corrected chi connectivity index (χ0v) is 9.44. The number of esters is 1. The van der Waals surface area contributed by atoms with Crippen molar-refractivity contribution in [1.29, 1.82) is 0 Å². The molecule has 3 heteroatoms. The Balaban J connectivity index is 1.90. The van der Waals surface area contributed by atoms with E-state index in [0.29, 0.717) is 12.2 Å². The summed E-state index contributed by atoms with van der Waals surface area (Å²) in [6.07, 6.45) is 2.14. The van der Waals surface area contributed by atoms with E-state index in [-0.39, 0.29) is 12.1 Å². The fraction of sp³-hybridized carbons (Fsp3) is 0.462. The van der Waals surface area contributed by atoms with Crippen LogP contribution < -0.4 is 0 Å². The van der Waals surface area contributed by atoms with Crippen LogP contribution in [0.25, 0.3) is 0 Å². The van der Waals surface area contributed by atoms with Gasteiger partial charge < -0.3 is 9.47 Å². The van der Waals surface area contributed by atoms with E-state index in [1.165, 1.54) is 0 Å². The highest BCUT2D eigenvalue weighted by atomic mass is 16.6. The molecule has 1 aromatic rings. The van der Waals surface area contributed by atoms with Gasteiger partial charge in [-0.3, -0.25) is 0 Å². The van der Waals surface area contributed by atoms with Crippen LogP contribution in [-0.4, -0.2) is 25.3 Å². The van der Waals surface area contributed by atoms with Gasteiger partial charge in [0.25, 0.3) is 0 Å². The first-order valence-corrected chi connectivity index (χ1v) is 5.62. The van der Waals surface area contributed by atoms with Crippen molar-refractivity contribution in [3.8, 4) is 0 Å². The summed E-state index contributed by atoms with van der Waals surface area (Å²) in [4.78, 5) is 11.7. The smallest absolute Gasteiger partial charge is 0.338 e. The monoisotopic (exact) mass is 220 g/mol. The minimum Gasteiger partial charge on any atom is -0.459 e. The highest BCUT2D eigenvalue weighted by molar-refractivity contribution is 5.90. The minimum absolute atomic E-state index is 0.0907. The predicted octanol–water partition coefficient (Wildman–Crippen LogP) is 2.33. The largest absolute Gasteiger partial charge is 0.459 e. The zero-order valence-electron chi connectivity index (χ0n) is 9.44. The molecule has 3 nitrogen and oxygen atoms in total. The first-order chi connectivity index (χ1) is 7.77. The van der Waals surface area contributed by atoms with Crippen molar-refractivity contribution in [3.63, 3.8) is 0 Å². The number of carbonyl (C=O) groups is 1. The molecule has 0 aliphatic carbocycles. The van der Waals surface area contributed by atoms with E-state index in [1.807, 2.05) is 25.1 Å². The molecule has 0 amide bonds. The van der Waals surface area contributed by atoms with E-state index >= 15 is 0 Å². The van der Waals surface area contributed by atoms with Gasteiger partial charge in [-0.05, 0) is 31.4 Å². The fourth-order valence-corrected chi connectivity index (χ4v) is 1.82. The Kier molecular flexibility index (Phi) is 3.57. The molecule has 1 aliphatic heterocycles. The van der Waals surface area contributed by atoms with Gasteiger partial charge in [0.05, 0.1) is 11.7 Å². The number of carbonyl (C=O) groups excluding carboxylic acids is 1. The Morgan fingerprint density at radius 2 is 2.31 bits per heavy atom. The number of hydrogen-bond donors (Lipinski definition) is 0. The van der Waals surface area contributed by atoms with Crippen LogP contribution in [0.15, 0.2) is 24.3 Å². The van der Waals surface area contributed by atoms with Crippen molar-refractivity contribution < 1.29 is 14.3 Å². The van der Waals surface area contributed by atoms with Gasteiger partial charge in [-0.1, -0.05) is 18.2 Å². The second-order valence-corrected chi connectivity index (χ2v) is 4.05. The molecule has 0 N–H and O–H groups in total. The van der Waals surface area contributed by atoms with Gasteiger partial charge in [0, 0.05) is 6.61 Å². The Labute approximate surface area is 95.4 Å². The third-order valence-corrected chi connectivity index (χ3v) is 2.79. The molecule has 16 heavy (non-hydrogen) atoms. The predicted molar refractivity (Wildman–Crippen MR) is 60.4 cm³/mol. The topological polar surface area (TPSA) is 35.5 Å². The Morgan fingerprint density at radius 1 is 1.50 bits per heavy atom. The Morgan fingerprint density at radius 3 is 3.00 bits per heavy atom. The van der Waals surface area contributed by atoms with Gasteiger partial charge in [0.1, 0.15) is 6.61 Å². The normalized spacial score (nSPS) is 19.7. The summed E-state index contributed by atoms with van der Waals surface area (Å²) in [7, 11) is 0. The van der Waals surface area contributed by atoms with Crippen LogP contribution in [0.2, 0.25) is 0 Å². The summed E-state index contributed by atoms with van der Waals surface area (Å²) in [6, 6.07) is 7.44. The average molecular weight is 220 g/mol. The molecule has 1 saturated heterocycles. The van der Waals surface area contributed by atoms with Crippen LogP contribution in [0.5, 0.6) is 0 Å². The highest BCUT2D eigenvalue weighted by Crippen LogP contribution is 2.14. The number of hydrogen-bond acceptors (Lipinski definition) is 3. The maximum atomic E-state index is 11.7. The van der Waals surface area contributed by atoms with Crippen LogP contribution >= 0.6 is 0 Å². The molecule has 1 atom stereocenters. The second-order valence-electron chi connectivity index (χ2n) is 4.05. The SMILES string of the molecule is Cc1ccccc1C(=O)OC[C@H]1CCCO1. The molecule has 0 spiro atoms. The van der Waals surface area contributed by atoms with Crippen molar-refractivity contribution in [2.24, 2.45) is 0 Å². The van der Waals surface area contributed by atoms with Gasteiger partial charge in [0.2, 0.25) is 0 Å². The van der Waals surface area contributed by atoms with Gasteiger partial charge in [-0.15, -0.1) is 0 Å². The van der Waals surface area contributed by atoms with Crippen LogP contribution in [0.3, 0.4) is 0 Å². The summed E-state index contributed by atoms with van der Waals surface area (Å²) in [5, 5.41) is 0. The zero-order chi connectivity index (χ0) is 11.4. The van der Waals surface area contributed by atoms with Gasteiger partial charge in [-0.2, -0.15) is 0 Å². The molecular weight excluding hydrogens is 204 g/mol. The maximum absolute atomic E-state index is 11.7. The lowest BCUT2D eigenvalue weighted by atomic mass is 10.1. The molecule has 0 aromatic heterocycles. The summed E-state index contributed by atoms with van der Waals surface area (Å²) in [5.74, 6) is -0.256. The molecule has 2 rings (SSSR count). The minimum atomic E-state index is -0.256. The van der Waals surface area contributed by atoms with E-state index < -0.39 is 0 Å². The van der Waals surface area contributed by atoms with Crippen molar-refractivity contribution >= 4 is 5.97 Å². The quantitative estimate of drug-likeness (QED) is 0.733.